The summed E-state index contributed by atoms with van der Waals surface area (Å²) in [6.07, 6.45) is 6.99. The molecule has 1 aromatic rings. The Morgan fingerprint density at radius 1 is 1.44 bits per heavy atom. The Kier molecular flexibility index (Phi) is 4.73. The van der Waals surface area contributed by atoms with Crippen LogP contribution < -0.4 is 10.1 Å². The van der Waals surface area contributed by atoms with E-state index in [4.69, 9.17) is 4.74 Å². The predicted molar refractivity (Wildman–Crippen MR) is 68.2 cm³/mol. The van der Waals surface area contributed by atoms with E-state index in [0.29, 0.717) is 18.5 Å². The number of nitrogens with zero attached hydrogens (tertiary/aromatic N) is 2. The summed E-state index contributed by atoms with van der Waals surface area (Å²) in [5.41, 5.74) is 0. The minimum Gasteiger partial charge on any atom is -0.475 e. The third kappa shape index (κ3) is 3.55. The molecule has 0 bridgehead atoms. The van der Waals surface area contributed by atoms with Crippen molar-refractivity contribution in [3.05, 3.63) is 12.0 Å². The summed E-state index contributed by atoms with van der Waals surface area (Å²) >= 11 is 0. The maximum absolute atomic E-state index is 13.5. The zero-order valence-electron chi connectivity index (χ0n) is 10.8. The highest BCUT2D eigenvalue weighted by atomic mass is 19.1. The molecule has 1 saturated carbocycles. The van der Waals surface area contributed by atoms with Gasteiger partial charge in [0.25, 0.3) is 5.88 Å². The van der Waals surface area contributed by atoms with Gasteiger partial charge in [-0.25, -0.2) is 4.98 Å². The Morgan fingerprint density at radius 2 is 2.22 bits per heavy atom. The van der Waals surface area contributed by atoms with Crippen molar-refractivity contribution in [1.29, 1.82) is 0 Å². The average molecular weight is 253 g/mol. The summed E-state index contributed by atoms with van der Waals surface area (Å²) in [4.78, 5) is 7.93. The van der Waals surface area contributed by atoms with Crippen molar-refractivity contribution in [2.75, 3.05) is 18.5 Å². The molecule has 2 rings (SSSR count). The van der Waals surface area contributed by atoms with E-state index in [9.17, 15) is 4.39 Å². The second-order valence-electron chi connectivity index (χ2n) is 4.73. The number of ether oxygens (including phenoxy) is 1. The molecule has 1 aliphatic carbocycles. The van der Waals surface area contributed by atoms with Gasteiger partial charge in [0, 0.05) is 6.54 Å². The molecular weight excluding hydrogens is 233 g/mol. The summed E-state index contributed by atoms with van der Waals surface area (Å²) in [7, 11) is 0. The van der Waals surface area contributed by atoms with E-state index in [1.807, 2.05) is 6.92 Å². The lowest BCUT2D eigenvalue weighted by atomic mass is 10.1. The molecule has 0 aromatic carbocycles. The summed E-state index contributed by atoms with van der Waals surface area (Å²) in [5, 5.41) is 3.02. The van der Waals surface area contributed by atoms with Gasteiger partial charge >= 0.3 is 0 Å². The van der Waals surface area contributed by atoms with Crippen LogP contribution in [0.15, 0.2) is 6.20 Å². The molecule has 0 atom stereocenters. The van der Waals surface area contributed by atoms with Crippen molar-refractivity contribution < 1.29 is 9.13 Å². The first-order valence-corrected chi connectivity index (χ1v) is 6.68. The Morgan fingerprint density at radius 3 is 2.94 bits per heavy atom. The van der Waals surface area contributed by atoms with Crippen LogP contribution in [-0.2, 0) is 0 Å². The molecule has 0 spiro atoms. The molecule has 0 aliphatic heterocycles. The van der Waals surface area contributed by atoms with E-state index in [0.717, 1.165) is 19.2 Å². The number of nitrogens with one attached hydrogen (secondary N) is 1. The van der Waals surface area contributed by atoms with Gasteiger partial charge < -0.3 is 10.1 Å². The summed E-state index contributed by atoms with van der Waals surface area (Å²) in [6.45, 7) is 3.38. The number of rotatable bonds is 6. The second kappa shape index (κ2) is 6.52. The first kappa shape index (κ1) is 13.1. The number of hydrogen-bond donors (Lipinski definition) is 1. The molecule has 0 radical (unpaired) electrons. The first-order valence-electron chi connectivity index (χ1n) is 6.68. The smallest absolute Gasteiger partial charge is 0.255 e. The highest BCUT2D eigenvalue weighted by molar-refractivity contribution is 5.28. The maximum Gasteiger partial charge on any atom is 0.255 e. The number of halogens is 1. The first-order chi connectivity index (χ1) is 8.79. The van der Waals surface area contributed by atoms with Gasteiger partial charge in [-0.2, -0.15) is 9.37 Å². The Hall–Kier alpha value is -1.39. The SMILES string of the molecule is CCCNc1ncc(F)c(OCC2CCCC2)n1. The van der Waals surface area contributed by atoms with Gasteiger partial charge in [-0.3, -0.25) is 0 Å². The summed E-state index contributed by atoms with van der Waals surface area (Å²) < 4.78 is 19.0. The van der Waals surface area contributed by atoms with E-state index in [2.05, 4.69) is 15.3 Å². The highest BCUT2D eigenvalue weighted by Crippen LogP contribution is 2.25. The molecule has 5 heteroatoms. The lowest BCUT2D eigenvalue weighted by Crippen LogP contribution is -2.12. The average Bonchev–Trinajstić information content (AvgIpc) is 2.89. The summed E-state index contributed by atoms with van der Waals surface area (Å²) in [5.74, 6) is 0.552. The van der Waals surface area contributed by atoms with E-state index >= 15 is 0 Å². The lowest BCUT2D eigenvalue weighted by Gasteiger charge is -2.11. The van der Waals surface area contributed by atoms with Crippen molar-refractivity contribution >= 4 is 5.95 Å². The second-order valence-corrected chi connectivity index (χ2v) is 4.73. The Balaban J connectivity index is 1.92. The number of hydrogen-bond acceptors (Lipinski definition) is 4. The monoisotopic (exact) mass is 253 g/mol. The standard InChI is InChI=1S/C13H20FN3O/c1-2-7-15-13-16-8-11(14)12(17-13)18-9-10-5-3-4-6-10/h8,10H,2-7,9H2,1H3,(H,15,16,17). The fraction of sp³-hybridized carbons (Fsp3) is 0.692. The molecule has 0 amide bonds. The van der Waals surface area contributed by atoms with E-state index in [1.165, 1.54) is 25.7 Å². The van der Waals surface area contributed by atoms with Gasteiger partial charge in [0.1, 0.15) is 0 Å². The van der Waals surface area contributed by atoms with Crippen molar-refractivity contribution in [1.82, 2.24) is 9.97 Å². The molecular formula is C13H20FN3O. The topological polar surface area (TPSA) is 47.0 Å². The van der Waals surface area contributed by atoms with E-state index in [1.54, 1.807) is 0 Å². The van der Waals surface area contributed by atoms with Gasteiger partial charge in [-0.15, -0.1) is 0 Å². The fourth-order valence-corrected chi connectivity index (χ4v) is 2.15. The van der Waals surface area contributed by atoms with Crippen molar-refractivity contribution in [2.45, 2.75) is 39.0 Å². The minimum absolute atomic E-state index is 0.0653. The van der Waals surface area contributed by atoms with Gasteiger partial charge in [0.15, 0.2) is 0 Å². The van der Waals surface area contributed by atoms with Crippen LogP contribution in [0.3, 0.4) is 0 Å². The summed E-state index contributed by atoms with van der Waals surface area (Å²) in [6, 6.07) is 0. The van der Waals surface area contributed by atoms with Crippen LogP contribution in [0.5, 0.6) is 5.88 Å². The lowest BCUT2D eigenvalue weighted by molar-refractivity contribution is 0.232. The van der Waals surface area contributed by atoms with Crippen molar-refractivity contribution in [3.8, 4) is 5.88 Å². The quantitative estimate of drug-likeness (QED) is 0.846. The Bertz CT molecular complexity index is 380. The van der Waals surface area contributed by atoms with Gasteiger partial charge in [-0.05, 0) is 25.2 Å². The molecule has 1 aromatic heterocycles. The molecule has 1 aliphatic rings. The van der Waals surface area contributed by atoms with Crippen LogP contribution in [-0.4, -0.2) is 23.1 Å². The Labute approximate surface area is 107 Å². The zero-order chi connectivity index (χ0) is 12.8. The van der Waals surface area contributed by atoms with Gasteiger partial charge in [0.05, 0.1) is 12.8 Å². The molecule has 0 unspecified atom stereocenters. The fourth-order valence-electron chi connectivity index (χ4n) is 2.15. The van der Waals surface area contributed by atoms with Crippen LogP contribution in [0.25, 0.3) is 0 Å². The molecule has 1 N–H and O–H groups in total. The third-order valence-electron chi connectivity index (χ3n) is 3.18. The van der Waals surface area contributed by atoms with E-state index < -0.39 is 5.82 Å². The van der Waals surface area contributed by atoms with Gasteiger partial charge in [0.2, 0.25) is 11.8 Å². The predicted octanol–water partition coefficient (Wildman–Crippen LogP) is 3.01. The molecule has 100 valence electrons. The van der Waals surface area contributed by atoms with Crippen LogP contribution in [0.4, 0.5) is 10.3 Å². The molecule has 1 heterocycles. The van der Waals surface area contributed by atoms with Crippen LogP contribution >= 0.6 is 0 Å². The van der Waals surface area contributed by atoms with Gasteiger partial charge in [-0.1, -0.05) is 19.8 Å². The number of aromatic nitrogens is 2. The van der Waals surface area contributed by atoms with Crippen molar-refractivity contribution in [3.63, 3.8) is 0 Å². The minimum atomic E-state index is -0.491. The number of anilines is 1. The zero-order valence-corrected chi connectivity index (χ0v) is 10.8. The largest absolute Gasteiger partial charge is 0.475 e. The van der Waals surface area contributed by atoms with Crippen LogP contribution in [0.2, 0.25) is 0 Å². The van der Waals surface area contributed by atoms with Crippen LogP contribution in [0.1, 0.15) is 39.0 Å². The highest BCUT2D eigenvalue weighted by Gasteiger charge is 2.17. The normalized spacial score (nSPS) is 15.9. The maximum atomic E-state index is 13.5. The van der Waals surface area contributed by atoms with Crippen molar-refractivity contribution in [2.24, 2.45) is 5.92 Å². The molecule has 1 fully saturated rings. The van der Waals surface area contributed by atoms with Crippen LogP contribution in [0, 0.1) is 11.7 Å². The molecule has 0 saturated heterocycles. The molecule has 4 nitrogen and oxygen atoms in total. The third-order valence-corrected chi connectivity index (χ3v) is 3.18. The molecule has 18 heavy (non-hydrogen) atoms. The van der Waals surface area contributed by atoms with E-state index in [-0.39, 0.29) is 5.88 Å².